The summed E-state index contributed by atoms with van der Waals surface area (Å²) in [5.41, 5.74) is 1.40. The molecule has 1 aromatic carbocycles. The van der Waals surface area contributed by atoms with Gasteiger partial charge in [0.05, 0.1) is 25.3 Å². The van der Waals surface area contributed by atoms with Gasteiger partial charge in [-0.2, -0.15) is 0 Å². The number of amides is 2. The quantitative estimate of drug-likeness (QED) is 0.722. The molecule has 2 heterocycles. The summed E-state index contributed by atoms with van der Waals surface area (Å²) in [5, 5.41) is 4.99. The van der Waals surface area contributed by atoms with Gasteiger partial charge in [-0.05, 0) is 42.6 Å². The van der Waals surface area contributed by atoms with Gasteiger partial charge in [0.25, 0.3) is 11.8 Å². The summed E-state index contributed by atoms with van der Waals surface area (Å²) in [6.45, 7) is 3.02. The van der Waals surface area contributed by atoms with Gasteiger partial charge in [0.1, 0.15) is 11.4 Å². The Labute approximate surface area is 156 Å². The molecule has 6 nitrogen and oxygen atoms in total. The van der Waals surface area contributed by atoms with E-state index in [-0.39, 0.29) is 24.1 Å². The summed E-state index contributed by atoms with van der Waals surface area (Å²) in [5.74, 6) is 0.105. The van der Waals surface area contributed by atoms with Crippen LogP contribution in [-0.4, -0.2) is 43.6 Å². The molecule has 1 aromatic heterocycles. The van der Waals surface area contributed by atoms with Crippen molar-refractivity contribution in [3.8, 4) is 5.75 Å². The number of anilines is 1. The number of hydrogen-bond donors (Lipinski definition) is 1. The van der Waals surface area contributed by atoms with Gasteiger partial charge < -0.3 is 14.8 Å². The summed E-state index contributed by atoms with van der Waals surface area (Å²) >= 11 is 1.43. The third kappa shape index (κ3) is 3.63. The number of carbonyl (C=O) groups is 2. The Balaban J connectivity index is 1.91. The minimum Gasteiger partial charge on any atom is -0.494 e. The highest BCUT2D eigenvalue weighted by molar-refractivity contribution is 7.11. The zero-order valence-corrected chi connectivity index (χ0v) is 15.5. The molecule has 0 spiro atoms. The SMILES string of the molecule is CCOc1ccc(NC2=C(c3cccs3)C(=O)N(CCOC)C2=O)cc1. The summed E-state index contributed by atoms with van der Waals surface area (Å²) in [6, 6.07) is 11.0. The predicted octanol–water partition coefficient (Wildman–Crippen LogP) is 2.99. The monoisotopic (exact) mass is 372 g/mol. The number of thiophene rings is 1. The smallest absolute Gasteiger partial charge is 0.278 e. The molecule has 2 amide bonds. The van der Waals surface area contributed by atoms with E-state index in [9.17, 15) is 9.59 Å². The largest absolute Gasteiger partial charge is 0.494 e. The molecule has 3 rings (SSSR count). The number of nitrogens with one attached hydrogen (secondary N) is 1. The van der Waals surface area contributed by atoms with Crippen molar-refractivity contribution in [1.29, 1.82) is 0 Å². The molecule has 0 saturated heterocycles. The van der Waals surface area contributed by atoms with Crippen LogP contribution in [0, 0.1) is 0 Å². The molecule has 2 aromatic rings. The number of hydrogen-bond acceptors (Lipinski definition) is 6. The fourth-order valence-corrected chi connectivity index (χ4v) is 3.44. The fourth-order valence-electron chi connectivity index (χ4n) is 2.67. The van der Waals surface area contributed by atoms with Crippen molar-refractivity contribution in [3.63, 3.8) is 0 Å². The lowest BCUT2D eigenvalue weighted by atomic mass is 10.2. The van der Waals surface area contributed by atoms with E-state index in [1.54, 1.807) is 0 Å². The third-order valence-corrected chi connectivity index (χ3v) is 4.78. The first-order chi connectivity index (χ1) is 12.7. The Kier molecular flexibility index (Phi) is 5.70. The van der Waals surface area contributed by atoms with Crippen molar-refractivity contribution in [3.05, 3.63) is 52.4 Å². The molecular formula is C19H20N2O4S. The molecule has 0 atom stereocenters. The van der Waals surface area contributed by atoms with Crippen molar-refractivity contribution in [1.82, 2.24) is 4.90 Å². The Morgan fingerprint density at radius 3 is 2.50 bits per heavy atom. The van der Waals surface area contributed by atoms with Gasteiger partial charge in [0.2, 0.25) is 0 Å². The van der Waals surface area contributed by atoms with Crippen LogP contribution in [-0.2, 0) is 14.3 Å². The van der Waals surface area contributed by atoms with Gasteiger partial charge in [-0.25, -0.2) is 0 Å². The van der Waals surface area contributed by atoms with Crippen molar-refractivity contribution >= 4 is 34.4 Å². The number of methoxy groups -OCH3 is 1. The molecule has 1 aliphatic rings. The molecule has 1 aliphatic heterocycles. The molecule has 1 N–H and O–H groups in total. The van der Waals surface area contributed by atoms with Crippen molar-refractivity contribution in [2.75, 3.05) is 32.2 Å². The Bertz CT molecular complexity index is 813. The van der Waals surface area contributed by atoms with Crippen LogP contribution in [0.2, 0.25) is 0 Å². The van der Waals surface area contributed by atoms with Gasteiger partial charge in [-0.3, -0.25) is 14.5 Å². The average molecular weight is 372 g/mol. The average Bonchev–Trinajstić information content (AvgIpc) is 3.24. The van der Waals surface area contributed by atoms with Crippen LogP contribution < -0.4 is 10.1 Å². The maximum Gasteiger partial charge on any atom is 0.278 e. The van der Waals surface area contributed by atoms with E-state index in [1.165, 1.54) is 23.3 Å². The molecule has 7 heteroatoms. The number of rotatable bonds is 8. The van der Waals surface area contributed by atoms with E-state index in [4.69, 9.17) is 9.47 Å². The third-order valence-electron chi connectivity index (χ3n) is 3.89. The highest BCUT2D eigenvalue weighted by Crippen LogP contribution is 2.32. The number of nitrogens with zero attached hydrogens (tertiary/aromatic N) is 1. The van der Waals surface area contributed by atoms with Crippen LogP contribution in [0.15, 0.2) is 47.5 Å². The minimum atomic E-state index is -0.343. The predicted molar refractivity (Wildman–Crippen MR) is 101 cm³/mol. The van der Waals surface area contributed by atoms with Gasteiger partial charge in [-0.15, -0.1) is 11.3 Å². The highest BCUT2D eigenvalue weighted by Gasteiger charge is 2.39. The molecule has 0 saturated carbocycles. The second-order valence-electron chi connectivity index (χ2n) is 5.56. The molecule has 0 aliphatic carbocycles. The first-order valence-electron chi connectivity index (χ1n) is 8.29. The zero-order chi connectivity index (χ0) is 18.5. The Morgan fingerprint density at radius 2 is 1.88 bits per heavy atom. The van der Waals surface area contributed by atoms with Gasteiger partial charge in [0.15, 0.2) is 0 Å². The topological polar surface area (TPSA) is 67.9 Å². The fraction of sp³-hybridized carbons (Fsp3) is 0.263. The van der Waals surface area contributed by atoms with E-state index >= 15 is 0 Å². The molecule has 0 fully saturated rings. The molecule has 136 valence electrons. The number of ether oxygens (including phenoxy) is 2. The Hall–Kier alpha value is -2.64. The van der Waals surface area contributed by atoms with E-state index in [0.29, 0.717) is 24.5 Å². The van der Waals surface area contributed by atoms with Crippen molar-refractivity contribution in [2.45, 2.75) is 6.92 Å². The standard InChI is InChI=1S/C19H20N2O4S/c1-3-25-14-8-6-13(7-9-14)20-17-16(15-5-4-12-26-15)18(22)21(19(17)23)10-11-24-2/h4-9,12,20H,3,10-11H2,1-2H3. The Morgan fingerprint density at radius 1 is 1.12 bits per heavy atom. The van der Waals surface area contributed by atoms with Gasteiger partial charge in [0, 0.05) is 17.7 Å². The molecule has 0 radical (unpaired) electrons. The lowest BCUT2D eigenvalue weighted by Gasteiger charge is -2.14. The number of benzene rings is 1. The zero-order valence-electron chi connectivity index (χ0n) is 14.7. The maximum atomic E-state index is 12.8. The van der Waals surface area contributed by atoms with Crippen LogP contribution in [0.1, 0.15) is 11.8 Å². The van der Waals surface area contributed by atoms with Crippen LogP contribution in [0.5, 0.6) is 5.75 Å². The van der Waals surface area contributed by atoms with Crippen LogP contribution >= 0.6 is 11.3 Å². The normalized spacial score (nSPS) is 14.3. The lowest BCUT2D eigenvalue weighted by Crippen LogP contribution is -2.35. The number of carbonyl (C=O) groups excluding carboxylic acids is 2. The lowest BCUT2D eigenvalue weighted by molar-refractivity contribution is -0.137. The summed E-state index contributed by atoms with van der Waals surface area (Å²) in [7, 11) is 1.54. The van der Waals surface area contributed by atoms with Gasteiger partial charge >= 0.3 is 0 Å². The van der Waals surface area contributed by atoms with E-state index < -0.39 is 0 Å². The summed E-state index contributed by atoms with van der Waals surface area (Å²) in [6.07, 6.45) is 0. The van der Waals surface area contributed by atoms with Crippen molar-refractivity contribution < 1.29 is 19.1 Å². The van der Waals surface area contributed by atoms with E-state index in [2.05, 4.69) is 5.32 Å². The molecular weight excluding hydrogens is 352 g/mol. The molecule has 0 unspecified atom stereocenters. The summed E-state index contributed by atoms with van der Waals surface area (Å²) < 4.78 is 10.4. The highest BCUT2D eigenvalue weighted by atomic mass is 32.1. The first kappa shape index (κ1) is 18.2. The van der Waals surface area contributed by atoms with Crippen LogP contribution in [0.25, 0.3) is 5.57 Å². The van der Waals surface area contributed by atoms with E-state index in [0.717, 1.165) is 10.6 Å². The second-order valence-corrected chi connectivity index (χ2v) is 6.51. The maximum absolute atomic E-state index is 12.8. The molecule has 26 heavy (non-hydrogen) atoms. The second kappa shape index (κ2) is 8.16. The minimum absolute atomic E-state index is 0.220. The van der Waals surface area contributed by atoms with Crippen LogP contribution in [0.4, 0.5) is 5.69 Å². The summed E-state index contributed by atoms with van der Waals surface area (Å²) in [4.78, 5) is 27.6. The van der Waals surface area contributed by atoms with Gasteiger partial charge in [-0.1, -0.05) is 6.07 Å². The van der Waals surface area contributed by atoms with Crippen LogP contribution in [0.3, 0.4) is 0 Å². The molecule has 0 bridgehead atoms. The first-order valence-corrected chi connectivity index (χ1v) is 9.16. The number of imide groups is 1. The van der Waals surface area contributed by atoms with Crippen molar-refractivity contribution in [2.24, 2.45) is 0 Å². The van der Waals surface area contributed by atoms with E-state index in [1.807, 2.05) is 48.7 Å².